The lowest BCUT2D eigenvalue weighted by Gasteiger charge is -2.39. The molecule has 3 aromatic rings. The highest BCUT2D eigenvalue weighted by Crippen LogP contribution is 2.52. The number of carboxylic acids is 1. The highest BCUT2D eigenvalue weighted by Gasteiger charge is 2.61. The molecule has 0 aliphatic carbocycles. The fourth-order valence-corrected chi connectivity index (χ4v) is 7.11. The van der Waals surface area contributed by atoms with E-state index in [2.05, 4.69) is 25.8 Å². The van der Waals surface area contributed by atoms with Gasteiger partial charge in [0.15, 0.2) is 0 Å². The van der Waals surface area contributed by atoms with Gasteiger partial charge < -0.3 is 24.2 Å². The quantitative estimate of drug-likeness (QED) is 0.241. The van der Waals surface area contributed by atoms with Gasteiger partial charge in [-0.3, -0.25) is 4.79 Å². The van der Waals surface area contributed by atoms with Gasteiger partial charge in [-0.15, -0.1) is 11.3 Å². The highest BCUT2D eigenvalue weighted by atomic mass is 32.1. The summed E-state index contributed by atoms with van der Waals surface area (Å²) in [5, 5.41) is 13.1. The zero-order valence-electron chi connectivity index (χ0n) is 26.0. The third-order valence-electron chi connectivity index (χ3n) is 7.94. The Balaban J connectivity index is 1.78. The van der Waals surface area contributed by atoms with Crippen LogP contribution in [0.2, 0.25) is 0 Å². The van der Waals surface area contributed by atoms with Gasteiger partial charge in [-0.25, -0.2) is 14.2 Å². The van der Waals surface area contributed by atoms with Crippen LogP contribution >= 0.6 is 23.6 Å². The molecule has 2 aromatic carbocycles. The van der Waals surface area contributed by atoms with Crippen molar-refractivity contribution in [1.29, 1.82) is 0 Å². The number of halogens is 1. The summed E-state index contributed by atoms with van der Waals surface area (Å²) in [4.78, 5) is 34.0. The van der Waals surface area contributed by atoms with E-state index in [1.165, 1.54) is 40.5 Å². The van der Waals surface area contributed by atoms with E-state index in [0.717, 1.165) is 5.56 Å². The van der Waals surface area contributed by atoms with Gasteiger partial charge in [-0.1, -0.05) is 40.7 Å². The van der Waals surface area contributed by atoms with Crippen LogP contribution in [0.25, 0.3) is 0 Å². The number of hydrogen-bond acceptors (Lipinski definition) is 8. The number of likely N-dealkylation sites (tertiary alicyclic amines) is 1. The third-order valence-corrected chi connectivity index (χ3v) is 8.97. The van der Waals surface area contributed by atoms with Gasteiger partial charge in [-0.05, 0) is 73.1 Å². The summed E-state index contributed by atoms with van der Waals surface area (Å²) in [6, 6.07) is 9.90. The molecular formula is C33H39FN2O6S2. The summed E-state index contributed by atoms with van der Waals surface area (Å²) in [6.07, 6.45) is 1.29. The smallest absolute Gasteiger partial charge is 0.358 e. The van der Waals surface area contributed by atoms with E-state index in [0.29, 0.717) is 22.1 Å². The van der Waals surface area contributed by atoms with Gasteiger partial charge in [0.2, 0.25) is 0 Å². The van der Waals surface area contributed by atoms with Crippen molar-refractivity contribution in [1.82, 2.24) is 9.88 Å². The van der Waals surface area contributed by atoms with E-state index in [9.17, 15) is 19.1 Å². The van der Waals surface area contributed by atoms with Gasteiger partial charge in [0, 0.05) is 35.3 Å². The number of aromatic nitrogens is 1. The first-order valence-electron chi connectivity index (χ1n) is 14.5. The lowest BCUT2D eigenvalue weighted by atomic mass is 9.82. The van der Waals surface area contributed by atoms with E-state index < -0.39 is 41.3 Å². The maximum absolute atomic E-state index is 14.6. The molecule has 1 aliphatic rings. The summed E-state index contributed by atoms with van der Waals surface area (Å²) in [5.74, 6) is -1.66. The summed E-state index contributed by atoms with van der Waals surface area (Å²) < 4.78 is 30.7. The van der Waals surface area contributed by atoms with Crippen LogP contribution in [-0.2, 0) is 14.9 Å². The first-order valence-corrected chi connectivity index (χ1v) is 15.8. The molecule has 1 amide bonds. The molecule has 4 atom stereocenters. The van der Waals surface area contributed by atoms with Crippen molar-refractivity contribution in [3.8, 4) is 11.5 Å². The molecule has 0 spiro atoms. The first kappa shape index (κ1) is 33.3. The lowest BCUT2D eigenvalue weighted by molar-refractivity contribution is -0.150. The SMILES string of the molecule is COc1cc(C(=O)N2[C@@H](c3nccs3)[C@H](C(C)OC(=S)Oc3ccc(F)cc3)C[C@@]2(CC(C)C)C(=O)O)ccc1C(C)(C)C. The molecule has 0 saturated carbocycles. The fraction of sp³-hybridized carbons (Fsp3) is 0.455. The molecule has 1 fully saturated rings. The largest absolute Gasteiger partial charge is 0.496 e. The van der Waals surface area contributed by atoms with Crippen molar-refractivity contribution < 1.29 is 33.3 Å². The summed E-state index contributed by atoms with van der Waals surface area (Å²) >= 11 is 6.71. The van der Waals surface area contributed by atoms with E-state index >= 15 is 0 Å². The van der Waals surface area contributed by atoms with Crippen molar-refractivity contribution >= 4 is 40.7 Å². The maximum Gasteiger partial charge on any atom is 0.358 e. The number of amides is 1. The molecule has 0 radical (unpaired) electrons. The minimum atomic E-state index is -1.56. The van der Waals surface area contributed by atoms with Crippen LogP contribution in [0.1, 0.15) is 81.4 Å². The number of carbonyl (C=O) groups is 2. The van der Waals surface area contributed by atoms with E-state index in [-0.39, 0.29) is 29.4 Å². The zero-order chi connectivity index (χ0) is 32.4. The van der Waals surface area contributed by atoms with E-state index in [1.54, 1.807) is 37.7 Å². The molecule has 8 nitrogen and oxygen atoms in total. The molecule has 1 aliphatic heterocycles. The minimum Gasteiger partial charge on any atom is -0.496 e. The number of carboxylic acid groups (broad SMARTS) is 1. The highest BCUT2D eigenvalue weighted by molar-refractivity contribution is 7.79. The Bertz CT molecular complexity index is 1490. The maximum atomic E-state index is 14.6. The van der Waals surface area contributed by atoms with Crippen LogP contribution in [0, 0.1) is 17.7 Å². The normalized spacial score (nSPS) is 20.8. The molecular weight excluding hydrogens is 604 g/mol. The molecule has 1 unspecified atom stereocenters. The minimum absolute atomic E-state index is 0.0472. The second-order valence-electron chi connectivity index (χ2n) is 12.6. The van der Waals surface area contributed by atoms with E-state index in [4.69, 9.17) is 26.4 Å². The van der Waals surface area contributed by atoms with Crippen LogP contribution in [0.3, 0.4) is 0 Å². The number of thiazole rings is 1. The average Bonchev–Trinajstić information content (AvgIpc) is 3.59. The Labute approximate surface area is 267 Å². The molecule has 44 heavy (non-hydrogen) atoms. The van der Waals surface area contributed by atoms with Crippen LogP contribution < -0.4 is 9.47 Å². The Hall–Kier alpha value is -3.57. The number of methoxy groups -OCH3 is 1. The van der Waals surface area contributed by atoms with Crippen LogP contribution in [0.4, 0.5) is 4.39 Å². The predicted molar refractivity (Wildman–Crippen MR) is 171 cm³/mol. The summed E-state index contributed by atoms with van der Waals surface area (Å²) in [5.41, 5.74) is -0.552. The molecule has 1 aromatic heterocycles. The van der Waals surface area contributed by atoms with Crippen molar-refractivity contribution in [2.75, 3.05) is 7.11 Å². The van der Waals surface area contributed by atoms with Crippen LogP contribution in [0.5, 0.6) is 11.5 Å². The number of carbonyl (C=O) groups excluding carboxylic acids is 1. The number of thiocarbonyl (C=S) groups is 1. The van der Waals surface area contributed by atoms with Crippen molar-refractivity contribution in [2.45, 2.75) is 77.5 Å². The monoisotopic (exact) mass is 642 g/mol. The Kier molecular flexibility index (Phi) is 9.99. The van der Waals surface area contributed by atoms with Crippen LogP contribution in [0.15, 0.2) is 54.0 Å². The first-order chi connectivity index (χ1) is 20.7. The zero-order valence-corrected chi connectivity index (χ0v) is 27.6. The molecule has 2 heterocycles. The summed E-state index contributed by atoms with van der Waals surface area (Å²) in [6.45, 7) is 11.8. The number of aliphatic carboxylic acids is 1. The molecule has 1 saturated heterocycles. The Morgan fingerprint density at radius 2 is 1.86 bits per heavy atom. The number of benzene rings is 2. The Morgan fingerprint density at radius 1 is 1.18 bits per heavy atom. The van der Waals surface area contributed by atoms with Gasteiger partial charge in [0.25, 0.3) is 5.91 Å². The molecule has 236 valence electrons. The van der Waals surface area contributed by atoms with Gasteiger partial charge >= 0.3 is 11.2 Å². The number of rotatable bonds is 9. The molecule has 4 rings (SSSR count). The Morgan fingerprint density at radius 3 is 2.41 bits per heavy atom. The topological polar surface area (TPSA) is 98.2 Å². The standard InChI is InChI=1S/C33H39FN2O6S2/c1-19(2)17-33(30(38)39)18-24(20(3)41-31(43)42-23-11-9-22(34)10-12-23)27(28-35-14-15-44-28)36(33)29(37)21-8-13-25(32(4,5)6)26(16-21)40-7/h8-16,19-20,24,27H,17-18H2,1-7H3,(H,38,39)/t20?,24-,27+,33-/m0/s1. The van der Waals surface area contributed by atoms with Gasteiger partial charge in [0.05, 0.1) is 13.2 Å². The fourth-order valence-electron chi connectivity index (χ4n) is 6.05. The van der Waals surface area contributed by atoms with Crippen molar-refractivity contribution in [3.05, 3.63) is 76.0 Å². The molecule has 1 N–H and O–H groups in total. The number of ether oxygens (including phenoxy) is 3. The van der Waals surface area contributed by atoms with Gasteiger partial charge in [-0.2, -0.15) is 0 Å². The second-order valence-corrected chi connectivity index (χ2v) is 13.8. The van der Waals surface area contributed by atoms with Crippen molar-refractivity contribution in [3.63, 3.8) is 0 Å². The van der Waals surface area contributed by atoms with Crippen molar-refractivity contribution in [2.24, 2.45) is 11.8 Å². The van der Waals surface area contributed by atoms with Crippen LogP contribution in [-0.4, -0.2) is 50.9 Å². The molecule has 11 heteroatoms. The predicted octanol–water partition coefficient (Wildman–Crippen LogP) is 7.43. The van der Waals surface area contributed by atoms with Gasteiger partial charge in [0.1, 0.15) is 34.0 Å². The number of hydrogen-bond donors (Lipinski definition) is 1. The summed E-state index contributed by atoms with van der Waals surface area (Å²) in [7, 11) is 1.55. The molecule has 0 bridgehead atoms. The lowest BCUT2D eigenvalue weighted by Crippen LogP contribution is -2.54. The number of nitrogens with zero attached hydrogens (tertiary/aromatic N) is 2. The van der Waals surface area contributed by atoms with E-state index in [1.807, 2.05) is 19.9 Å². The average molecular weight is 643 g/mol. The third kappa shape index (κ3) is 6.89. The second kappa shape index (κ2) is 13.2.